The minimum atomic E-state index is -0.586. The van der Waals surface area contributed by atoms with E-state index in [9.17, 15) is 14.4 Å². The number of rotatable bonds is 8. The molecule has 0 aliphatic carbocycles. The molecule has 1 aliphatic heterocycles. The Labute approximate surface area is 131 Å². The largest absolute Gasteiger partial charge is 0.353 e. The highest BCUT2D eigenvalue weighted by Gasteiger charge is 2.32. The Kier molecular flexibility index (Phi) is 9.73. The van der Waals surface area contributed by atoms with Crippen molar-refractivity contribution in [3.05, 3.63) is 0 Å². The summed E-state index contributed by atoms with van der Waals surface area (Å²) in [7, 11) is 0. The van der Waals surface area contributed by atoms with Gasteiger partial charge in [0.05, 0.1) is 0 Å². The molecule has 0 bridgehead atoms. The summed E-state index contributed by atoms with van der Waals surface area (Å²) in [6.45, 7) is 7.44. The monoisotopic (exact) mass is 320 g/mol. The van der Waals surface area contributed by atoms with Crippen molar-refractivity contribution < 1.29 is 14.4 Å². The molecular formula is C13H25ClN4O3. The predicted octanol–water partition coefficient (Wildman–Crippen LogP) is -0.785. The Hall–Kier alpha value is -1.34. The number of likely N-dealkylation sites (N-methyl/N-ethyl adjacent to an activating group) is 1. The van der Waals surface area contributed by atoms with E-state index in [2.05, 4.69) is 17.6 Å². The van der Waals surface area contributed by atoms with Crippen LogP contribution >= 0.6 is 12.4 Å². The summed E-state index contributed by atoms with van der Waals surface area (Å²) in [4.78, 5) is 38.0. The normalized spacial score (nSPS) is 15.0. The Morgan fingerprint density at radius 3 is 2.29 bits per heavy atom. The standard InChI is InChI=1S/C13H24N4O3.ClH/c1-3-5-14-6-7-15-11(18)10-17-9-8-16(4-2)12(19)13(17)20;/h14H,3-10H2,1-2H3,(H,15,18);1H. The van der Waals surface area contributed by atoms with Gasteiger partial charge in [0.2, 0.25) is 5.91 Å². The Morgan fingerprint density at radius 2 is 1.67 bits per heavy atom. The van der Waals surface area contributed by atoms with Gasteiger partial charge in [-0.2, -0.15) is 0 Å². The van der Waals surface area contributed by atoms with Crippen LogP contribution in [0.1, 0.15) is 20.3 Å². The van der Waals surface area contributed by atoms with Gasteiger partial charge in [-0.25, -0.2) is 0 Å². The van der Waals surface area contributed by atoms with Crippen LogP contribution in [0.5, 0.6) is 0 Å². The van der Waals surface area contributed by atoms with Crippen molar-refractivity contribution in [2.24, 2.45) is 0 Å². The van der Waals surface area contributed by atoms with E-state index in [1.165, 1.54) is 9.80 Å². The minimum Gasteiger partial charge on any atom is -0.353 e. The first-order chi connectivity index (χ1) is 9.60. The van der Waals surface area contributed by atoms with E-state index in [0.29, 0.717) is 32.7 Å². The molecule has 1 fully saturated rings. The number of carbonyl (C=O) groups excluding carboxylic acids is 3. The van der Waals surface area contributed by atoms with E-state index in [4.69, 9.17) is 0 Å². The van der Waals surface area contributed by atoms with Gasteiger partial charge in [0.15, 0.2) is 0 Å². The summed E-state index contributed by atoms with van der Waals surface area (Å²) in [6.07, 6.45) is 1.05. The van der Waals surface area contributed by atoms with Crippen LogP contribution in [0.2, 0.25) is 0 Å². The summed E-state index contributed by atoms with van der Waals surface area (Å²) in [5.74, 6) is -1.33. The maximum absolute atomic E-state index is 11.8. The quantitative estimate of drug-likeness (QED) is 0.454. The van der Waals surface area contributed by atoms with Crippen molar-refractivity contribution in [3.8, 4) is 0 Å². The third-order valence-electron chi connectivity index (χ3n) is 3.16. The van der Waals surface area contributed by atoms with E-state index in [1.54, 1.807) is 0 Å². The first kappa shape index (κ1) is 19.7. The maximum atomic E-state index is 11.8. The third-order valence-corrected chi connectivity index (χ3v) is 3.16. The lowest BCUT2D eigenvalue weighted by atomic mass is 10.3. The van der Waals surface area contributed by atoms with Crippen LogP contribution in [-0.2, 0) is 14.4 Å². The van der Waals surface area contributed by atoms with E-state index in [1.807, 2.05) is 6.92 Å². The number of nitrogens with zero attached hydrogens (tertiary/aromatic N) is 2. The minimum absolute atomic E-state index is 0. The SMILES string of the molecule is CCCNCCNC(=O)CN1CCN(CC)C(=O)C1=O.Cl. The van der Waals surface area contributed by atoms with Gasteiger partial charge in [-0.05, 0) is 19.9 Å². The number of halogens is 1. The fourth-order valence-electron chi connectivity index (χ4n) is 1.99. The summed E-state index contributed by atoms with van der Waals surface area (Å²) >= 11 is 0. The van der Waals surface area contributed by atoms with Gasteiger partial charge >= 0.3 is 11.8 Å². The number of carbonyl (C=O) groups is 3. The highest BCUT2D eigenvalue weighted by atomic mass is 35.5. The summed E-state index contributed by atoms with van der Waals surface area (Å²) in [5, 5.41) is 5.90. The second-order valence-corrected chi connectivity index (χ2v) is 4.71. The molecule has 1 rings (SSSR count). The molecule has 0 aromatic rings. The number of hydrogen-bond donors (Lipinski definition) is 2. The lowest BCUT2D eigenvalue weighted by Crippen LogP contribution is -2.56. The third kappa shape index (κ3) is 6.31. The van der Waals surface area contributed by atoms with Gasteiger partial charge in [0.25, 0.3) is 0 Å². The molecule has 0 saturated carbocycles. The van der Waals surface area contributed by atoms with Crippen LogP contribution in [0.4, 0.5) is 0 Å². The zero-order chi connectivity index (χ0) is 15.0. The van der Waals surface area contributed by atoms with Crippen LogP contribution < -0.4 is 10.6 Å². The van der Waals surface area contributed by atoms with E-state index < -0.39 is 11.8 Å². The fourth-order valence-corrected chi connectivity index (χ4v) is 1.99. The molecule has 2 N–H and O–H groups in total. The van der Waals surface area contributed by atoms with Gasteiger partial charge in [-0.15, -0.1) is 12.4 Å². The molecule has 21 heavy (non-hydrogen) atoms. The van der Waals surface area contributed by atoms with Crippen molar-refractivity contribution >= 4 is 30.1 Å². The Bertz CT molecular complexity index is 365. The summed E-state index contributed by atoms with van der Waals surface area (Å²) in [5.41, 5.74) is 0. The highest BCUT2D eigenvalue weighted by molar-refractivity contribution is 6.35. The van der Waals surface area contributed by atoms with Crippen molar-refractivity contribution in [1.82, 2.24) is 20.4 Å². The molecule has 1 heterocycles. The highest BCUT2D eigenvalue weighted by Crippen LogP contribution is 2.04. The van der Waals surface area contributed by atoms with E-state index in [0.717, 1.165) is 13.0 Å². The van der Waals surface area contributed by atoms with E-state index in [-0.39, 0.29) is 24.9 Å². The smallest absolute Gasteiger partial charge is 0.312 e. The summed E-state index contributed by atoms with van der Waals surface area (Å²) in [6, 6.07) is 0. The Balaban J connectivity index is 0.00000400. The van der Waals surface area contributed by atoms with Gasteiger partial charge < -0.3 is 20.4 Å². The van der Waals surface area contributed by atoms with Crippen LogP contribution in [0.25, 0.3) is 0 Å². The first-order valence-corrected chi connectivity index (χ1v) is 7.15. The molecule has 0 spiro atoms. The maximum Gasteiger partial charge on any atom is 0.312 e. The zero-order valence-corrected chi connectivity index (χ0v) is 13.5. The first-order valence-electron chi connectivity index (χ1n) is 7.15. The topological polar surface area (TPSA) is 81.8 Å². The van der Waals surface area contributed by atoms with Gasteiger partial charge in [0.1, 0.15) is 6.54 Å². The van der Waals surface area contributed by atoms with Crippen molar-refractivity contribution in [1.29, 1.82) is 0 Å². The lowest BCUT2D eigenvalue weighted by Gasteiger charge is -2.32. The molecule has 8 heteroatoms. The second kappa shape index (κ2) is 10.4. The van der Waals surface area contributed by atoms with Crippen molar-refractivity contribution in [2.75, 3.05) is 45.8 Å². The van der Waals surface area contributed by atoms with Crippen molar-refractivity contribution in [2.45, 2.75) is 20.3 Å². The fraction of sp³-hybridized carbons (Fsp3) is 0.769. The number of hydrogen-bond acceptors (Lipinski definition) is 4. The number of piperazine rings is 1. The molecule has 1 aliphatic rings. The molecule has 0 radical (unpaired) electrons. The van der Waals surface area contributed by atoms with Gasteiger partial charge in [-0.1, -0.05) is 6.92 Å². The molecule has 0 aromatic heterocycles. The molecule has 0 aromatic carbocycles. The Morgan fingerprint density at radius 1 is 1.05 bits per heavy atom. The van der Waals surface area contributed by atoms with Crippen molar-refractivity contribution in [3.63, 3.8) is 0 Å². The average Bonchev–Trinajstić information content (AvgIpc) is 2.44. The molecule has 0 unspecified atom stereocenters. The van der Waals surface area contributed by atoms with Crippen LogP contribution in [0.15, 0.2) is 0 Å². The van der Waals surface area contributed by atoms with Gasteiger partial charge in [-0.3, -0.25) is 14.4 Å². The number of nitrogens with one attached hydrogen (secondary N) is 2. The molecule has 122 valence electrons. The molecule has 1 saturated heterocycles. The molecular weight excluding hydrogens is 296 g/mol. The molecule has 0 atom stereocenters. The second-order valence-electron chi connectivity index (χ2n) is 4.71. The van der Waals surface area contributed by atoms with Gasteiger partial charge in [0, 0.05) is 32.7 Å². The zero-order valence-electron chi connectivity index (χ0n) is 12.7. The van der Waals surface area contributed by atoms with E-state index >= 15 is 0 Å². The molecule has 7 nitrogen and oxygen atoms in total. The summed E-state index contributed by atoms with van der Waals surface area (Å²) < 4.78 is 0. The predicted molar refractivity (Wildman–Crippen MR) is 82.3 cm³/mol. The average molecular weight is 321 g/mol. The van der Waals surface area contributed by atoms with Crippen LogP contribution in [0.3, 0.4) is 0 Å². The lowest BCUT2D eigenvalue weighted by molar-refractivity contribution is -0.156. The van der Waals surface area contributed by atoms with Crippen LogP contribution in [-0.4, -0.2) is 73.3 Å². The van der Waals surface area contributed by atoms with Crippen LogP contribution in [0, 0.1) is 0 Å². The number of amides is 3. The molecule has 3 amide bonds.